The second kappa shape index (κ2) is 19.2. The van der Waals surface area contributed by atoms with Gasteiger partial charge in [-0.25, -0.2) is 13.6 Å². The first kappa shape index (κ1) is 43.1. The van der Waals surface area contributed by atoms with E-state index in [1.807, 2.05) is 9.80 Å². The minimum absolute atomic E-state index is 0.0427. The van der Waals surface area contributed by atoms with E-state index >= 15 is 0 Å². The SMILES string of the molecule is CN1CCC(CN2CCN(C(=O)c3coc(C(CCl)c4cccc(C(CCl)c5cc(C(=O)N6CCN(CC7CCN(C)CC7)CC6)co5)c4S(N)(=O)=O)c3)CC2)CC1. The number of primary sulfonamides is 1. The molecular formula is C42H59Cl2N7O6S. The molecule has 4 aliphatic rings. The number of piperidine rings is 2. The fourth-order valence-corrected chi connectivity index (χ4v) is 10.9. The molecule has 2 aromatic heterocycles. The quantitative estimate of drug-likeness (QED) is 0.245. The van der Waals surface area contributed by atoms with Crippen molar-refractivity contribution >= 4 is 45.0 Å². The Morgan fingerprint density at radius 3 is 1.40 bits per heavy atom. The number of likely N-dealkylation sites (tertiary alicyclic amines) is 2. The van der Waals surface area contributed by atoms with E-state index in [0.717, 1.165) is 65.4 Å². The van der Waals surface area contributed by atoms with Gasteiger partial charge in [0, 0.05) is 77.2 Å². The number of nitrogens with two attached hydrogens (primary N) is 1. The van der Waals surface area contributed by atoms with Gasteiger partial charge in [0.05, 0.1) is 27.9 Å². The molecule has 7 rings (SSSR count). The van der Waals surface area contributed by atoms with E-state index in [0.29, 0.717) is 71.8 Å². The Morgan fingerprint density at radius 1 is 0.672 bits per heavy atom. The van der Waals surface area contributed by atoms with Gasteiger partial charge in [0.1, 0.15) is 24.0 Å². The van der Waals surface area contributed by atoms with Crippen molar-refractivity contribution in [3.8, 4) is 0 Å². The van der Waals surface area contributed by atoms with Crippen molar-refractivity contribution < 1.29 is 26.8 Å². The molecule has 0 spiro atoms. The highest BCUT2D eigenvalue weighted by atomic mass is 35.5. The number of nitrogens with zero attached hydrogens (tertiary/aromatic N) is 6. The van der Waals surface area contributed by atoms with Gasteiger partial charge >= 0.3 is 0 Å². The lowest BCUT2D eigenvalue weighted by atomic mass is 9.91. The lowest BCUT2D eigenvalue weighted by Crippen LogP contribution is -2.50. The topological polar surface area (TPSA) is 140 Å². The van der Waals surface area contributed by atoms with Crippen LogP contribution >= 0.6 is 23.2 Å². The van der Waals surface area contributed by atoms with E-state index in [1.165, 1.54) is 38.2 Å². The molecule has 0 bridgehead atoms. The number of amides is 2. The van der Waals surface area contributed by atoms with Gasteiger partial charge in [-0.1, -0.05) is 18.2 Å². The van der Waals surface area contributed by atoms with Crippen molar-refractivity contribution in [2.24, 2.45) is 17.0 Å². The maximum absolute atomic E-state index is 13.6. The van der Waals surface area contributed by atoms with E-state index in [2.05, 4.69) is 33.7 Å². The van der Waals surface area contributed by atoms with Crippen LogP contribution in [0.3, 0.4) is 0 Å². The summed E-state index contributed by atoms with van der Waals surface area (Å²) in [7, 11) is -0.000839. The summed E-state index contributed by atoms with van der Waals surface area (Å²) in [6.45, 7) is 12.4. The molecular weight excluding hydrogens is 801 g/mol. The van der Waals surface area contributed by atoms with E-state index in [9.17, 15) is 18.0 Å². The number of sulfonamides is 1. The van der Waals surface area contributed by atoms with Gasteiger partial charge in [-0.2, -0.15) is 0 Å². The van der Waals surface area contributed by atoms with Gasteiger partial charge in [-0.05, 0) is 101 Å². The van der Waals surface area contributed by atoms with Crippen LogP contribution < -0.4 is 5.14 Å². The monoisotopic (exact) mass is 859 g/mol. The Hall–Kier alpha value is -2.95. The maximum atomic E-state index is 13.6. The van der Waals surface area contributed by atoms with Gasteiger partial charge in [0.15, 0.2) is 0 Å². The van der Waals surface area contributed by atoms with Gasteiger partial charge in [-0.15, -0.1) is 23.2 Å². The van der Waals surface area contributed by atoms with Crippen molar-refractivity contribution in [3.05, 3.63) is 76.6 Å². The van der Waals surface area contributed by atoms with Gasteiger partial charge in [0.2, 0.25) is 10.0 Å². The zero-order chi connectivity index (χ0) is 41.0. The summed E-state index contributed by atoms with van der Waals surface area (Å²) >= 11 is 13.1. The predicted octanol–water partition coefficient (Wildman–Crippen LogP) is 4.46. The first-order valence-corrected chi connectivity index (χ1v) is 23.4. The summed E-state index contributed by atoms with van der Waals surface area (Å²) in [6.07, 6.45) is 7.67. The van der Waals surface area contributed by atoms with Crippen molar-refractivity contribution in [2.45, 2.75) is 42.4 Å². The molecule has 0 saturated carbocycles. The van der Waals surface area contributed by atoms with Crippen molar-refractivity contribution in [3.63, 3.8) is 0 Å². The number of rotatable bonds is 13. The molecule has 16 heteroatoms. The molecule has 4 saturated heterocycles. The molecule has 3 aromatic rings. The van der Waals surface area contributed by atoms with E-state index in [-0.39, 0.29) is 28.5 Å². The summed E-state index contributed by atoms with van der Waals surface area (Å²) in [6, 6.07) is 8.32. The average molecular weight is 861 g/mol. The van der Waals surface area contributed by atoms with Crippen LogP contribution in [-0.4, -0.2) is 167 Å². The fourth-order valence-electron chi connectivity index (χ4n) is 9.22. The van der Waals surface area contributed by atoms with Crippen LogP contribution in [0.15, 0.2) is 56.6 Å². The van der Waals surface area contributed by atoms with Crippen LogP contribution in [0.5, 0.6) is 0 Å². The zero-order valence-corrected chi connectivity index (χ0v) is 36.2. The first-order chi connectivity index (χ1) is 27.9. The largest absolute Gasteiger partial charge is 0.468 e. The van der Waals surface area contributed by atoms with E-state index < -0.39 is 21.9 Å². The van der Waals surface area contributed by atoms with Crippen molar-refractivity contribution in [1.29, 1.82) is 0 Å². The number of hydrogen-bond acceptors (Lipinski definition) is 10. The predicted molar refractivity (Wildman–Crippen MR) is 225 cm³/mol. The Morgan fingerprint density at radius 2 is 1.05 bits per heavy atom. The second-order valence-corrected chi connectivity index (χ2v) is 19.0. The van der Waals surface area contributed by atoms with Crippen molar-refractivity contribution in [2.75, 3.05) is 117 Å². The molecule has 2 atom stereocenters. The maximum Gasteiger partial charge on any atom is 0.257 e. The molecule has 6 heterocycles. The minimum atomic E-state index is -4.35. The molecule has 318 valence electrons. The third-order valence-corrected chi connectivity index (χ3v) is 14.5. The van der Waals surface area contributed by atoms with Gasteiger partial charge < -0.3 is 28.4 Å². The normalized spacial score (nSPS) is 21.4. The van der Waals surface area contributed by atoms with Crippen LogP contribution in [0.1, 0.15) is 80.9 Å². The molecule has 0 radical (unpaired) electrons. The lowest BCUT2D eigenvalue weighted by Gasteiger charge is -2.38. The third-order valence-electron chi connectivity index (χ3n) is 12.9. The number of piperazine rings is 2. The summed E-state index contributed by atoms with van der Waals surface area (Å²) in [4.78, 5) is 40.5. The molecule has 58 heavy (non-hydrogen) atoms. The van der Waals surface area contributed by atoms with Crippen molar-refractivity contribution in [1.82, 2.24) is 29.4 Å². The molecule has 4 fully saturated rings. The number of carbonyl (C=O) groups excluding carboxylic acids is 2. The third kappa shape index (κ3) is 10.1. The first-order valence-electron chi connectivity index (χ1n) is 20.8. The summed E-state index contributed by atoms with van der Waals surface area (Å²) in [5, 5.41) is 5.95. The number of hydrogen-bond donors (Lipinski definition) is 1. The molecule has 2 N–H and O–H groups in total. The standard InChI is InChI=1S/C42H59Cl2N7O6S/c1-46-10-6-30(7-11-46)26-48-14-18-50(19-15-48)41(52)32-22-38(56-28-32)36(24-43)34-4-3-5-35(40(34)58(45,54)55)37(25-44)39-23-33(29-57-39)42(53)51-20-16-49(17-21-51)27-31-8-12-47(2)13-9-31/h3-5,22-23,28-31,36-37H,6-21,24-27H2,1-2H3,(H2,45,54,55). The number of furan rings is 2. The Labute approximate surface area is 353 Å². The number of alkyl halides is 2. The van der Waals surface area contributed by atoms with Crippen LogP contribution in [0.4, 0.5) is 0 Å². The highest BCUT2D eigenvalue weighted by Gasteiger charge is 2.34. The summed E-state index contributed by atoms with van der Waals surface area (Å²) < 4.78 is 38.8. The van der Waals surface area contributed by atoms with Crippen LogP contribution in [0, 0.1) is 11.8 Å². The molecule has 13 nitrogen and oxygen atoms in total. The Bertz CT molecular complexity index is 1840. The zero-order valence-electron chi connectivity index (χ0n) is 33.9. The minimum Gasteiger partial charge on any atom is -0.468 e. The summed E-state index contributed by atoms with van der Waals surface area (Å²) in [5.74, 6) is 0.235. The molecule has 2 unspecified atom stereocenters. The van der Waals surface area contributed by atoms with Crippen LogP contribution in [0.25, 0.3) is 0 Å². The fraction of sp³-hybridized carbons (Fsp3) is 0.619. The summed E-state index contributed by atoms with van der Waals surface area (Å²) in [5.41, 5.74) is 1.41. The molecule has 4 aliphatic heterocycles. The smallest absolute Gasteiger partial charge is 0.257 e. The van der Waals surface area contributed by atoms with E-state index in [1.54, 1.807) is 30.3 Å². The highest BCUT2D eigenvalue weighted by Crippen LogP contribution is 2.39. The molecule has 2 amide bonds. The second-order valence-electron chi connectivity index (χ2n) is 16.9. The molecule has 0 aliphatic carbocycles. The number of carbonyl (C=O) groups is 2. The number of halogens is 2. The Kier molecular flexibility index (Phi) is 14.3. The average Bonchev–Trinajstić information content (AvgIpc) is 3.91. The van der Waals surface area contributed by atoms with Gasteiger partial charge in [-0.3, -0.25) is 19.4 Å². The number of benzene rings is 1. The lowest BCUT2D eigenvalue weighted by molar-refractivity contribution is 0.0587. The highest BCUT2D eigenvalue weighted by molar-refractivity contribution is 7.89. The van der Waals surface area contributed by atoms with Crippen LogP contribution in [0.2, 0.25) is 0 Å². The van der Waals surface area contributed by atoms with Gasteiger partial charge in [0.25, 0.3) is 11.8 Å². The van der Waals surface area contributed by atoms with Crippen LogP contribution in [-0.2, 0) is 10.0 Å². The Balaban J connectivity index is 1.02. The molecule has 1 aromatic carbocycles. The van der Waals surface area contributed by atoms with E-state index in [4.69, 9.17) is 37.2 Å².